The fourth-order valence-corrected chi connectivity index (χ4v) is 3.15. The third kappa shape index (κ3) is 2.77. The summed E-state index contributed by atoms with van der Waals surface area (Å²) in [7, 11) is 0. The van der Waals surface area contributed by atoms with Crippen molar-refractivity contribution in [2.45, 2.75) is 6.42 Å². The lowest BCUT2D eigenvalue weighted by Gasteiger charge is -2.06. The van der Waals surface area contributed by atoms with Gasteiger partial charge in [0.05, 0.1) is 17.0 Å². The van der Waals surface area contributed by atoms with Crippen LogP contribution in [-0.4, -0.2) is 16.8 Å². The molecule has 26 heavy (non-hydrogen) atoms. The highest BCUT2D eigenvalue weighted by Gasteiger charge is 2.22. The van der Waals surface area contributed by atoms with Crippen LogP contribution in [0.2, 0.25) is 0 Å². The smallest absolute Gasteiger partial charge is 0.336 e. The largest absolute Gasteiger partial charge is 0.478 e. The summed E-state index contributed by atoms with van der Waals surface area (Å²) in [6.07, 6.45) is 0.433. The molecule has 3 nitrogen and oxygen atoms in total. The van der Waals surface area contributed by atoms with Gasteiger partial charge >= 0.3 is 5.97 Å². The Labute approximate surface area is 148 Å². The zero-order valence-electron chi connectivity index (χ0n) is 13.5. The molecule has 0 aromatic heterocycles. The van der Waals surface area contributed by atoms with Crippen molar-refractivity contribution < 1.29 is 18.7 Å². The molecule has 0 fully saturated rings. The van der Waals surface area contributed by atoms with Crippen LogP contribution in [0, 0.1) is 11.6 Å². The van der Waals surface area contributed by atoms with Crippen LogP contribution in [0.15, 0.2) is 65.7 Å². The van der Waals surface area contributed by atoms with E-state index in [-0.39, 0.29) is 5.56 Å². The lowest BCUT2D eigenvalue weighted by molar-refractivity contribution is 0.0696. The van der Waals surface area contributed by atoms with Crippen molar-refractivity contribution in [2.24, 2.45) is 4.99 Å². The zero-order valence-corrected chi connectivity index (χ0v) is 13.5. The molecule has 5 heteroatoms. The average molecular weight is 349 g/mol. The maximum absolute atomic E-state index is 13.9. The van der Waals surface area contributed by atoms with E-state index >= 15 is 0 Å². The Balaban J connectivity index is 1.64. The minimum atomic E-state index is -0.972. The predicted molar refractivity (Wildman–Crippen MR) is 95.1 cm³/mol. The van der Waals surface area contributed by atoms with E-state index in [4.69, 9.17) is 0 Å². The number of benzene rings is 3. The summed E-state index contributed by atoms with van der Waals surface area (Å²) in [6, 6.07) is 15.6. The van der Waals surface area contributed by atoms with Gasteiger partial charge in [-0.15, -0.1) is 0 Å². The van der Waals surface area contributed by atoms with Gasteiger partial charge in [-0.3, -0.25) is 4.99 Å². The van der Waals surface area contributed by atoms with E-state index in [0.717, 1.165) is 17.3 Å². The molecule has 128 valence electrons. The van der Waals surface area contributed by atoms with Crippen LogP contribution in [0.1, 0.15) is 21.5 Å². The van der Waals surface area contributed by atoms with Crippen molar-refractivity contribution in [1.82, 2.24) is 0 Å². The lowest BCUT2D eigenvalue weighted by Crippen LogP contribution is -2.05. The fraction of sp³-hybridized carbons (Fsp3) is 0.0476. The molecule has 0 bridgehead atoms. The van der Waals surface area contributed by atoms with Crippen LogP contribution in [0.4, 0.5) is 14.5 Å². The highest BCUT2D eigenvalue weighted by Crippen LogP contribution is 2.32. The molecule has 1 heterocycles. The summed E-state index contributed by atoms with van der Waals surface area (Å²) in [5, 5.41) is 9.30. The van der Waals surface area contributed by atoms with Crippen LogP contribution in [0.5, 0.6) is 0 Å². The van der Waals surface area contributed by atoms with Gasteiger partial charge in [-0.25, -0.2) is 13.6 Å². The minimum Gasteiger partial charge on any atom is -0.478 e. The van der Waals surface area contributed by atoms with Crippen LogP contribution in [0.25, 0.3) is 11.1 Å². The van der Waals surface area contributed by atoms with E-state index in [1.807, 2.05) is 12.1 Å². The van der Waals surface area contributed by atoms with Crippen molar-refractivity contribution in [2.75, 3.05) is 0 Å². The van der Waals surface area contributed by atoms with Crippen LogP contribution < -0.4 is 0 Å². The van der Waals surface area contributed by atoms with E-state index in [1.54, 1.807) is 30.3 Å². The molecule has 0 amide bonds. The van der Waals surface area contributed by atoms with E-state index in [2.05, 4.69) is 4.99 Å². The molecule has 0 aliphatic carbocycles. The molecule has 0 saturated heterocycles. The normalized spacial score (nSPS) is 12.6. The highest BCUT2D eigenvalue weighted by molar-refractivity contribution is 6.08. The first-order chi connectivity index (χ1) is 12.5. The van der Waals surface area contributed by atoms with Crippen LogP contribution >= 0.6 is 0 Å². The Morgan fingerprint density at radius 1 is 0.962 bits per heavy atom. The maximum Gasteiger partial charge on any atom is 0.336 e. The van der Waals surface area contributed by atoms with Gasteiger partial charge in [-0.2, -0.15) is 0 Å². The standard InChI is InChI=1S/C21H13F2NO2/c22-14-8-9-15(18(23)10-14)12-4-6-13(7-5-12)20-11-17-16(21(25)26)2-1-3-19(17)24-20/h1-10H,11H2,(H,25,26). The summed E-state index contributed by atoms with van der Waals surface area (Å²) < 4.78 is 27.0. The summed E-state index contributed by atoms with van der Waals surface area (Å²) in [4.78, 5) is 15.9. The average Bonchev–Trinajstić information content (AvgIpc) is 3.06. The molecule has 1 aliphatic heterocycles. The Morgan fingerprint density at radius 3 is 2.38 bits per heavy atom. The van der Waals surface area contributed by atoms with Crippen LogP contribution in [0.3, 0.4) is 0 Å². The van der Waals surface area contributed by atoms with Gasteiger partial charge in [0, 0.05) is 18.1 Å². The van der Waals surface area contributed by atoms with Gasteiger partial charge in [-0.05, 0) is 41.0 Å². The number of hydrogen-bond acceptors (Lipinski definition) is 2. The SMILES string of the molecule is O=C(O)c1cccc2c1CC(c1ccc(-c3ccc(F)cc3F)cc1)=N2. The first-order valence-electron chi connectivity index (χ1n) is 8.01. The predicted octanol–water partition coefficient (Wildman–Crippen LogP) is 5.01. The van der Waals surface area contributed by atoms with Crippen molar-refractivity contribution in [1.29, 1.82) is 0 Å². The summed E-state index contributed by atoms with van der Waals surface area (Å²) >= 11 is 0. The number of carboxylic acid groups (broad SMARTS) is 1. The summed E-state index contributed by atoms with van der Waals surface area (Å²) in [6.45, 7) is 0. The molecule has 0 saturated carbocycles. The van der Waals surface area contributed by atoms with Gasteiger partial charge < -0.3 is 5.11 Å². The molecule has 1 aliphatic rings. The second kappa shape index (κ2) is 6.19. The highest BCUT2D eigenvalue weighted by atomic mass is 19.1. The Kier molecular flexibility index (Phi) is 3.84. The molecule has 0 unspecified atom stereocenters. The molecule has 1 N–H and O–H groups in total. The van der Waals surface area contributed by atoms with E-state index in [1.165, 1.54) is 12.1 Å². The first kappa shape index (κ1) is 16.1. The number of halogens is 2. The number of aliphatic imine (C=N–C) groups is 1. The molecule has 3 aromatic carbocycles. The molecular weight excluding hydrogens is 336 g/mol. The number of carboxylic acids is 1. The van der Waals surface area contributed by atoms with Crippen molar-refractivity contribution in [3.8, 4) is 11.1 Å². The number of carbonyl (C=O) groups is 1. The number of nitrogens with zero attached hydrogens (tertiary/aromatic N) is 1. The zero-order chi connectivity index (χ0) is 18.3. The van der Waals surface area contributed by atoms with Crippen molar-refractivity contribution in [3.63, 3.8) is 0 Å². The van der Waals surface area contributed by atoms with Gasteiger partial charge in [0.15, 0.2) is 0 Å². The second-order valence-corrected chi connectivity index (χ2v) is 6.05. The lowest BCUT2D eigenvalue weighted by atomic mass is 9.98. The molecule has 0 atom stereocenters. The van der Waals surface area contributed by atoms with E-state index < -0.39 is 17.6 Å². The van der Waals surface area contributed by atoms with Crippen molar-refractivity contribution >= 4 is 17.4 Å². The maximum atomic E-state index is 13.9. The minimum absolute atomic E-state index is 0.256. The molecular formula is C21H13F2NO2. The van der Waals surface area contributed by atoms with Gasteiger partial charge in [0.2, 0.25) is 0 Å². The monoisotopic (exact) mass is 349 g/mol. The Bertz CT molecular complexity index is 1060. The number of fused-ring (bicyclic) bond motifs is 1. The third-order valence-corrected chi connectivity index (χ3v) is 4.44. The second-order valence-electron chi connectivity index (χ2n) is 6.05. The van der Waals surface area contributed by atoms with Crippen molar-refractivity contribution in [3.05, 3.63) is 89.0 Å². The number of hydrogen-bond donors (Lipinski definition) is 1. The topological polar surface area (TPSA) is 49.7 Å². The summed E-state index contributed by atoms with van der Waals surface area (Å²) in [5.74, 6) is -2.20. The third-order valence-electron chi connectivity index (χ3n) is 4.44. The molecule has 0 spiro atoms. The van der Waals surface area contributed by atoms with E-state index in [0.29, 0.717) is 28.8 Å². The van der Waals surface area contributed by atoms with Crippen LogP contribution in [-0.2, 0) is 6.42 Å². The van der Waals surface area contributed by atoms with Gasteiger partial charge in [0.25, 0.3) is 0 Å². The number of rotatable bonds is 3. The Hall–Kier alpha value is -3.34. The first-order valence-corrected chi connectivity index (χ1v) is 8.01. The quantitative estimate of drug-likeness (QED) is 0.723. The molecule has 4 rings (SSSR count). The van der Waals surface area contributed by atoms with Gasteiger partial charge in [-0.1, -0.05) is 30.3 Å². The number of aromatic carboxylic acids is 1. The van der Waals surface area contributed by atoms with Gasteiger partial charge in [0.1, 0.15) is 11.6 Å². The summed E-state index contributed by atoms with van der Waals surface area (Å²) in [5.41, 5.74) is 4.17. The molecule has 3 aromatic rings. The fourth-order valence-electron chi connectivity index (χ4n) is 3.15. The Morgan fingerprint density at radius 2 is 1.69 bits per heavy atom. The molecule has 0 radical (unpaired) electrons. The van der Waals surface area contributed by atoms with E-state index in [9.17, 15) is 18.7 Å².